The Balaban J connectivity index is 2.30. The molecular weight excluding hydrogens is 250 g/mol. The van der Waals surface area contributed by atoms with E-state index >= 15 is 0 Å². The minimum atomic E-state index is -1.03. The Kier molecular flexibility index (Phi) is 3.42. The lowest BCUT2D eigenvalue weighted by atomic mass is 10.1. The fraction of sp³-hybridized carbons (Fsp3) is 0. The van der Waals surface area contributed by atoms with E-state index in [-0.39, 0.29) is 5.56 Å². The van der Waals surface area contributed by atoms with Crippen molar-refractivity contribution in [1.82, 2.24) is 0 Å². The van der Waals surface area contributed by atoms with Crippen molar-refractivity contribution < 1.29 is 19.2 Å². The van der Waals surface area contributed by atoms with Crippen LogP contribution in [0.2, 0.25) is 0 Å². The highest BCUT2D eigenvalue weighted by Crippen LogP contribution is 2.23. The molecule has 96 valence electrons. The maximum absolute atomic E-state index is 10.9. The number of carboxylic acid groups (broad SMARTS) is 1. The molecule has 2 aromatic rings. The van der Waals surface area contributed by atoms with Gasteiger partial charge < -0.3 is 9.52 Å². The van der Waals surface area contributed by atoms with Crippen molar-refractivity contribution in [1.29, 1.82) is 0 Å². The molecule has 1 aromatic heterocycles. The van der Waals surface area contributed by atoms with Crippen molar-refractivity contribution >= 4 is 12.0 Å². The molecule has 0 fully saturated rings. The Morgan fingerprint density at radius 3 is 2.79 bits per heavy atom. The zero-order valence-corrected chi connectivity index (χ0v) is 9.65. The van der Waals surface area contributed by atoms with E-state index in [1.165, 1.54) is 18.2 Å². The van der Waals surface area contributed by atoms with Gasteiger partial charge in [-0.05, 0) is 24.3 Å². The maximum atomic E-state index is 10.9. The molecule has 2 rings (SSSR count). The van der Waals surface area contributed by atoms with Crippen LogP contribution in [0.3, 0.4) is 0 Å². The molecule has 1 heterocycles. The first-order chi connectivity index (χ1) is 9.06. The molecule has 0 saturated heterocycles. The van der Waals surface area contributed by atoms with E-state index in [0.717, 1.165) is 6.20 Å². The molecule has 0 radical (unpaired) electrons. The minimum absolute atomic E-state index is 0.149. The van der Waals surface area contributed by atoms with E-state index in [9.17, 15) is 14.9 Å². The van der Waals surface area contributed by atoms with E-state index in [1.807, 2.05) is 0 Å². The Morgan fingerprint density at radius 2 is 2.11 bits per heavy atom. The number of nitrogens with zero attached hydrogens (tertiary/aromatic N) is 1. The van der Waals surface area contributed by atoms with Crippen LogP contribution in [0.1, 0.15) is 16.1 Å². The molecule has 0 saturated carbocycles. The third kappa shape index (κ3) is 3.06. The molecule has 1 N–H and O–H groups in total. The zero-order valence-electron chi connectivity index (χ0n) is 9.65. The monoisotopic (exact) mass is 259 g/mol. The van der Waals surface area contributed by atoms with Gasteiger partial charge in [-0.25, -0.2) is 4.79 Å². The predicted molar refractivity (Wildman–Crippen MR) is 67.1 cm³/mol. The highest BCUT2D eigenvalue weighted by Gasteiger charge is 2.07. The number of nitro groups is 1. The molecule has 0 unspecified atom stereocenters. The van der Waals surface area contributed by atoms with Gasteiger partial charge in [0.25, 0.3) is 0 Å². The summed E-state index contributed by atoms with van der Waals surface area (Å²) in [5.41, 5.74) is 0.747. The Bertz CT molecular complexity index is 657. The highest BCUT2D eigenvalue weighted by atomic mass is 16.6. The topological polar surface area (TPSA) is 93.6 Å². The lowest BCUT2D eigenvalue weighted by Crippen LogP contribution is -1.95. The van der Waals surface area contributed by atoms with Crippen molar-refractivity contribution in [2.75, 3.05) is 0 Å². The summed E-state index contributed by atoms with van der Waals surface area (Å²) in [5.74, 6) is -0.250. The fourth-order valence-corrected chi connectivity index (χ4v) is 1.54. The van der Waals surface area contributed by atoms with Crippen LogP contribution in [0.4, 0.5) is 0 Å². The molecule has 0 atom stereocenters. The van der Waals surface area contributed by atoms with Gasteiger partial charge >= 0.3 is 5.97 Å². The first kappa shape index (κ1) is 12.6. The van der Waals surface area contributed by atoms with E-state index < -0.39 is 10.9 Å². The summed E-state index contributed by atoms with van der Waals surface area (Å²) >= 11 is 0. The van der Waals surface area contributed by atoms with Crippen molar-refractivity contribution in [3.05, 3.63) is 64.0 Å². The second kappa shape index (κ2) is 5.18. The van der Waals surface area contributed by atoms with Crippen molar-refractivity contribution in [2.45, 2.75) is 0 Å². The molecule has 6 heteroatoms. The number of rotatable bonds is 4. The van der Waals surface area contributed by atoms with Crippen molar-refractivity contribution in [3.63, 3.8) is 0 Å². The summed E-state index contributed by atoms with van der Waals surface area (Å²) in [6.45, 7) is 0. The van der Waals surface area contributed by atoms with Gasteiger partial charge in [0.1, 0.15) is 11.5 Å². The summed E-state index contributed by atoms with van der Waals surface area (Å²) in [7, 11) is 0. The first-order valence-electron chi connectivity index (χ1n) is 5.31. The summed E-state index contributed by atoms with van der Waals surface area (Å²) in [5, 5.41) is 19.1. The number of carboxylic acids is 1. The number of hydrogen-bond acceptors (Lipinski definition) is 4. The number of aromatic carboxylic acids is 1. The Labute approximate surface area is 107 Å². The van der Waals surface area contributed by atoms with E-state index in [1.54, 1.807) is 24.3 Å². The maximum Gasteiger partial charge on any atom is 0.335 e. The largest absolute Gasteiger partial charge is 0.478 e. The molecule has 0 bridgehead atoms. The quantitative estimate of drug-likeness (QED) is 0.673. The average Bonchev–Trinajstić information content (AvgIpc) is 2.85. The second-order valence-corrected chi connectivity index (χ2v) is 3.69. The molecule has 0 aliphatic rings. The van der Waals surface area contributed by atoms with Crippen LogP contribution >= 0.6 is 0 Å². The van der Waals surface area contributed by atoms with Crippen molar-refractivity contribution in [2.24, 2.45) is 0 Å². The molecule has 6 nitrogen and oxygen atoms in total. The Hall–Kier alpha value is -2.89. The predicted octanol–water partition coefficient (Wildman–Crippen LogP) is 2.89. The molecule has 19 heavy (non-hydrogen) atoms. The third-order valence-electron chi connectivity index (χ3n) is 2.38. The van der Waals surface area contributed by atoms with Crippen LogP contribution in [0.25, 0.3) is 17.4 Å². The third-order valence-corrected chi connectivity index (χ3v) is 2.38. The van der Waals surface area contributed by atoms with Crippen LogP contribution in [-0.4, -0.2) is 16.0 Å². The minimum Gasteiger partial charge on any atom is -0.478 e. The molecule has 1 aromatic carbocycles. The highest BCUT2D eigenvalue weighted by molar-refractivity contribution is 5.89. The Morgan fingerprint density at radius 1 is 1.32 bits per heavy atom. The van der Waals surface area contributed by atoms with Crippen molar-refractivity contribution in [3.8, 4) is 11.3 Å². The number of carbonyl (C=O) groups is 1. The molecule has 0 aliphatic heterocycles. The lowest BCUT2D eigenvalue weighted by molar-refractivity contribution is -0.401. The second-order valence-electron chi connectivity index (χ2n) is 3.69. The van der Waals surface area contributed by atoms with Gasteiger partial charge in [-0.15, -0.1) is 0 Å². The van der Waals surface area contributed by atoms with Gasteiger partial charge in [0.15, 0.2) is 0 Å². The van der Waals surface area contributed by atoms with E-state index in [0.29, 0.717) is 17.1 Å². The number of hydrogen-bond donors (Lipinski definition) is 1. The summed E-state index contributed by atoms with van der Waals surface area (Å²) in [6.07, 6.45) is 2.00. The van der Waals surface area contributed by atoms with E-state index in [2.05, 4.69) is 0 Å². The van der Waals surface area contributed by atoms with Crippen LogP contribution in [0.5, 0.6) is 0 Å². The van der Waals surface area contributed by atoms with Crippen LogP contribution in [-0.2, 0) is 0 Å². The van der Waals surface area contributed by atoms with Gasteiger partial charge in [0.05, 0.1) is 16.6 Å². The van der Waals surface area contributed by atoms with Crippen LogP contribution in [0, 0.1) is 10.1 Å². The lowest BCUT2D eigenvalue weighted by Gasteiger charge is -1.98. The van der Waals surface area contributed by atoms with E-state index in [4.69, 9.17) is 9.52 Å². The summed E-state index contributed by atoms with van der Waals surface area (Å²) in [4.78, 5) is 20.4. The molecule has 0 aliphatic carbocycles. The first-order valence-corrected chi connectivity index (χ1v) is 5.31. The fourth-order valence-electron chi connectivity index (χ4n) is 1.54. The molecule has 0 spiro atoms. The van der Waals surface area contributed by atoms with Gasteiger partial charge in [-0.2, -0.15) is 0 Å². The summed E-state index contributed by atoms with van der Waals surface area (Å²) in [6, 6.07) is 9.45. The van der Waals surface area contributed by atoms with Gasteiger partial charge in [-0.1, -0.05) is 12.1 Å². The normalized spacial score (nSPS) is 10.7. The summed E-state index contributed by atoms with van der Waals surface area (Å²) < 4.78 is 5.37. The smallest absolute Gasteiger partial charge is 0.335 e. The van der Waals surface area contributed by atoms with Gasteiger partial charge in [0.2, 0.25) is 6.20 Å². The zero-order chi connectivity index (χ0) is 13.8. The molecular formula is C13H9NO5. The van der Waals surface area contributed by atoms with Gasteiger partial charge in [-0.3, -0.25) is 10.1 Å². The van der Waals surface area contributed by atoms with Gasteiger partial charge in [0, 0.05) is 5.56 Å². The standard InChI is InChI=1S/C13H9NO5/c15-13(16)10-3-1-2-9(8-10)12-5-4-11(19-12)6-7-14(17)18/h1-8H,(H,15,16). The molecule has 0 amide bonds. The number of benzene rings is 1. The van der Waals surface area contributed by atoms with Crippen LogP contribution in [0.15, 0.2) is 47.0 Å². The van der Waals surface area contributed by atoms with Crippen LogP contribution < -0.4 is 0 Å². The SMILES string of the molecule is O=C(O)c1cccc(-c2ccc(C=C[N+](=O)[O-])o2)c1. The average molecular weight is 259 g/mol. The number of furan rings is 1.